The van der Waals surface area contributed by atoms with Crippen molar-refractivity contribution in [2.75, 3.05) is 32.5 Å². The number of rotatable bonds is 7. The fourth-order valence-electron chi connectivity index (χ4n) is 1.69. The molecule has 0 aliphatic heterocycles. The predicted octanol–water partition coefficient (Wildman–Crippen LogP) is 1.44. The smallest absolute Gasteiger partial charge is 0.191 e. The van der Waals surface area contributed by atoms with Crippen molar-refractivity contribution in [3.8, 4) is 5.75 Å². The molecule has 0 spiro atoms. The molecule has 0 aliphatic carbocycles. The van der Waals surface area contributed by atoms with Crippen LogP contribution in [0, 0.1) is 0 Å². The summed E-state index contributed by atoms with van der Waals surface area (Å²) in [5, 5.41) is 6.08. The fourth-order valence-corrected chi connectivity index (χ4v) is 2.67. The van der Waals surface area contributed by atoms with Crippen molar-refractivity contribution in [1.29, 1.82) is 0 Å². The van der Waals surface area contributed by atoms with Crippen molar-refractivity contribution in [2.24, 2.45) is 4.99 Å². The molecular weight excluding hydrogens is 314 g/mol. The molecule has 0 fully saturated rings. The third kappa shape index (κ3) is 6.90. The Kier molecular flexibility index (Phi) is 7.35. The molecule has 0 heterocycles. The highest BCUT2D eigenvalue weighted by Gasteiger charge is 2.28. The first kappa shape index (κ1) is 19.3. The Labute approximate surface area is 139 Å². The second kappa shape index (κ2) is 8.76. The van der Waals surface area contributed by atoms with Crippen molar-refractivity contribution >= 4 is 15.8 Å². The highest BCUT2D eigenvalue weighted by Crippen LogP contribution is 2.15. The molecule has 2 N–H and O–H groups in total. The number of guanidine groups is 1. The van der Waals surface area contributed by atoms with Crippen LogP contribution in [-0.2, 0) is 9.84 Å². The molecule has 6 nitrogen and oxygen atoms in total. The number of hydrogen-bond acceptors (Lipinski definition) is 4. The summed E-state index contributed by atoms with van der Waals surface area (Å²) < 4.78 is 28.9. The van der Waals surface area contributed by atoms with Gasteiger partial charge in [0.05, 0.1) is 17.0 Å². The van der Waals surface area contributed by atoms with Crippen LogP contribution in [0.5, 0.6) is 5.75 Å². The summed E-state index contributed by atoms with van der Waals surface area (Å²) in [5.74, 6) is 1.44. The van der Waals surface area contributed by atoms with E-state index in [4.69, 9.17) is 4.74 Å². The number of aliphatic imine (C=N–C) groups is 1. The monoisotopic (exact) mass is 341 g/mol. The van der Waals surface area contributed by atoms with Gasteiger partial charge in [-0.25, -0.2) is 8.42 Å². The predicted molar refractivity (Wildman–Crippen MR) is 94.8 cm³/mol. The van der Waals surface area contributed by atoms with Crippen molar-refractivity contribution < 1.29 is 13.2 Å². The van der Waals surface area contributed by atoms with Crippen LogP contribution in [0.4, 0.5) is 0 Å². The van der Waals surface area contributed by atoms with E-state index < -0.39 is 14.6 Å². The second-order valence-corrected chi connectivity index (χ2v) is 8.88. The third-order valence-corrected chi connectivity index (χ3v) is 5.83. The summed E-state index contributed by atoms with van der Waals surface area (Å²) in [4.78, 5) is 4.06. The number of ether oxygens (including phenoxy) is 1. The Hall–Kier alpha value is -1.76. The van der Waals surface area contributed by atoms with Crippen LogP contribution in [-0.4, -0.2) is 51.6 Å². The van der Waals surface area contributed by atoms with Gasteiger partial charge < -0.3 is 15.4 Å². The van der Waals surface area contributed by atoms with Crippen LogP contribution < -0.4 is 15.4 Å². The maximum absolute atomic E-state index is 12.0. The molecule has 0 aromatic heterocycles. The Bertz CT molecular complexity index is 593. The lowest BCUT2D eigenvalue weighted by atomic mass is 10.3. The van der Waals surface area contributed by atoms with Gasteiger partial charge >= 0.3 is 0 Å². The van der Waals surface area contributed by atoms with Gasteiger partial charge in [-0.2, -0.15) is 0 Å². The van der Waals surface area contributed by atoms with Gasteiger partial charge in [0, 0.05) is 13.6 Å². The first-order valence-corrected chi connectivity index (χ1v) is 9.26. The van der Waals surface area contributed by atoms with Gasteiger partial charge in [-0.1, -0.05) is 18.2 Å². The van der Waals surface area contributed by atoms with E-state index >= 15 is 0 Å². The van der Waals surface area contributed by atoms with Gasteiger partial charge in [-0.15, -0.1) is 0 Å². The molecule has 0 amide bonds. The topological polar surface area (TPSA) is 79.8 Å². The highest BCUT2D eigenvalue weighted by molar-refractivity contribution is 7.92. The summed E-state index contributed by atoms with van der Waals surface area (Å²) in [6.07, 6.45) is 0. The Morgan fingerprint density at radius 1 is 1.13 bits per heavy atom. The first-order valence-electron chi connectivity index (χ1n) is 7.61. The molecule has 0 saturated carbocycles. The summed E-state index contributed by atoms with van der Waals surface area (Å²) in [7, 11) is -1.49. The third-order valence-electron chi connectivity index (χ3n) is 3.23. The van der Waals surface area contributed by atoms with Crippen molar-refractivity contribution in [1.82, 2.24) is 10.6 Å². The average Bonchev–Trinajstić information content (AvgIpc) is 2.49. The van der Waals surface area contributed by atoms with Gasteiger partial charge in [-0.05, 0) is 32.9 Å². The molecule has 0 atom stereocenters. The zero-order valence-electron chi connectivity index (χ0n) is 14.3. The average molecular weight is 341 g/mol. The minimum Gasteiger partial charge on any atom is -0.492 e. The molecule has 130 valence electrons. The van der Waals surface area contributed by atoms with E-state index in [0.29, 0.717) is 25.7 Å². The van der Waals surface area contributed by atoms with E-state index in [-0.39, 0.29) is 5.75 Å². The number of hydrogen-bond donors (Lipinski definition) is 2. The Morgan fingerprint density at radius 3 is 2.30 bits per heavy atom. The van der Waals surface area contributed by atoms with Crippen molar-refractivity contribution in [2.45, 2.75) is 25.5 Å². The number of nitrogens with zero attached hydrogens (tertiary/aromatic N) is 1. The van der Waals surface area contributed by atoms with Crippen LogP contribution in [0.25, 0.3) is 0 Å². The fraction of sp³-hybridized carbons (Fsp3) is 0.562. The zero-order chi connectivity index (χ0) is 17.3. The normalized spacial score (nSPS) is 12.8. The quantitative estimate of drug-likeness (QED) is 0.446. The lowest BCUT2D eigenvalue weighted by Crippen LogP contribution is -2.42. The lowest BCUT2D eigenvalue weighted by molar-refractivity contribution is 0.322. The molecular formula is C16H27N3O3S. The van der Waals surface area contributed by atoms with Gasteiger partial charge in [-0.3, -0.25) is 4.99 Å². The number of para-hydroxylation sites is 1. The lowest BCUT2D eigenvalue weighted by Gasteiger charge is -2.19. The maximum Gasteiger partial charge on any atom is 0.191 e. The molecule has 0 bridgehead atoms. The molecule has 0 aliphatic rings. The molecule has 1 aromatic carbocycles. The van der Waals surface area contributed by atoms with Crippen LogP contribution in [0.2, 0.25) is 0 Å². The van der Waals surface area contributed by atoms with Crippen LogP contribution in [0.3, 0.4) is 0 Å². The SMILES string of the molecule is CN=C(NCCOc1ccccc1)NCCS(=O)(=O)C(C)(C)C. The summed E-state index contributed by atoms with van der Waals surface area (Å²) >= 11 is 0. The number of benzene rings is 1. The van der Waals surface area contributed by atoms with Crippen LogP contribution >= 0.6 is 0 Å². The number of sulfone groups is 1. The van der Waals surface area contributed by atoms with E-state index in [1.165, 1.54) is 0 Å². The standard InChI is InChI=1S/C16H27N3O3S/c1-16(2,3)23(20,21)13-11-19-15(17-4)18-10-12-22-14-8-6-5-7-9-14/h5-9H,10-13H2,1-4H3,(H2,17,18,19). The molecule has 0 saturated heterocycles. The first-order chi connectivity index (χ1) is 10.8. The molecule has 0 radical (unpaired) electrons. The van der Waals surface area contributed by atoms with E-state index in [0.717, 1.165) is 5.75 Å². The van der Waals surface area contributed by atoms with E-state index in [1.54, 1.807) is 27.8 Å². The van der Waals surface area contributed by atoms with Crippen LogP contribution in [0.15, 0.2) is 35.3 Å². The van der Waals surface area contributed by atoms with Gasteiger partial charge in [0.25, 0.3) is 0 Å². The molecule has 0 unspecified atom stereocenters. The summed E-state index contributed by atoms with van der Waals surface area (Å²) in [5.41, 5.74) is 0. The summed E-state index contributed by atoms with van der Waals surface area (Å²) in [6.45, 7) is 6.49. The summed E-state index contributed by atoms with van der Waals surface area (Å²) in [6, 6.07) is 9.55. The van der Waals surface area contributed by atoms with E-state index in [9.17, 15) is 8.42 Å². The largest absolute Gasteiger partial charge is 0.492 e. The minimum atomic E-state index is -3.13. The molecule has 23 heavy (non-hydrogen) atoms. The number of nitrogens with one attached hydrogen (secondary N) is 2. The van der Waals surface area contributed by atoms with Crippen LogP contribution in [0.1, 0.15) is 20.8 Å². The van der Waals surface area contributed by atoms with Gasteiger partial charge in [0.2, 0.25) is 0 Å². The molecule has 7 heteroatoms. The molecule has 1 rings (SSSR count). The maximum atomic E-state index is 12.0. The van der Waals surface area contributed by atoms with Gasteiger partial charge in [0.15, 0.2) is 15.8 Å². The Balaban J connectivity index is 2.28. The van der Waals surface area contributed by atoms with Crippen molar-refractivity contribution in [3.63, 3.8) is 0 Å². The minimum absolute atomic E-state index is 0.0672. The Morgan fingerprint density at radius 2 is 1.74 bits per heavy atom. The van der Waals surface area contributed by atoms with Gasteiger partial charge in [0.1, 0.15) is 12.4 Å². The van der Waals surface area contributed by atoms with Crippen molar-refractivity contribution in [3.05, 3.63) is 30.3 Å². The highest BCUT2D eigenvalue weighted by atomic mass is 32.2. The van der Waals surface area contributed by atoms with E-state index in [1.807, 2.05) is 30.3 Å². The van der Waals surface area contributed by atoms with E-state index in [2.05, 4.69) is 15.6 Å². The molecule has 1 aromatic rings. The second-order valence-electron chi connectivity index (χ2n) is 6.02. The zero-order valence-corrected chi connectivity index (χ0v) is 15.1.